The lowest BCUT2D eigenvalue weighted by atomic mass is 9.43. The third-order valence-corrected chi connectivity index (χ3v) is 8.39. The van der Waals surface area contributed by atoms with Gasteiger partial charge >= 0.3 is 11.9 Å². The van der Waals surface area contributed by atoms with E-state index >= 15 is 0 Å². The van der Waals surface area contributed by atoms with Gasteiger partial charge in [0.15, 0.2) is 0 Å². The summed E-state index contributed by atoms with van der Waals surface area (Å²) >= 11 is 0. The summed E-state index contributed by atoms with van der Waals surface area (Å²) in [7, 11) is 0. The summed E-state index contributed by atoms with van der Waals surface area (Å²) in [5.41, 5.74) is -2.86. The van der Waals surface area contributed by atoms with Crippen LogP contribution < -0.4 is 0 Å². The molecule has 8 atom stereocenters. The number of hydrogen-bond donors (Lipinski definition) is 3. The number of rotatable bonds is 10. The van der Waals surface area contributed by atoms with Crippen molar-refractivity contribution in [1.29, 1.82) is 0 Å². The molecule has 0 saturated heterocycles. The number of carboxylic acids is 1. The molecule has 0 amide bonds. The minimum Gasteiger partial charge on any atom is -0.478 e. The number of esters is 1. The van der Waals surface area contributed by atoms with Gasteiger partial charge in [0.2, 0.25) is 0 Å². The lowest BCUT2D eigenvalue weighted by Crippen LogP contribution is -2.65. The van der Waals surface area contributed by atoms with Crippen LogP contribution in [-0.2, 0) is 23.9 Å². The zero-order chi connectivity index (χ0) is 26.8. The van der Waals surface area contributed by atoms with Gasteiger partial charge in [0.05, 0.1) is 30.7 Å². The Morgan fingerprint density at radius 2 is 1.74 bits per heavy atom. The molecule has 0 unspecified atom stereocenters. The SMILES string of the molecule is CC[C@@H](COC(=O)CC(C)=CC(=O)O)[C@@H]1[C@](C)(C(=O)CC=O)[C@@H]2[C@H](C[C@](C)(O)C[C@H]2C)C[C@@]1(C)O. The second-order valence-corrected chi connectivity index (χ2v) is 11.6. The molecule has 0 radical (unpaired) electrons. The first-order valence-corrected chi connectivity index (χ1v) is 12.6. The van der Waals surface area contributed by atoms with E-state index in [-0.39, 0.29) is 48.9 Å². The van der Waals surface area contributed by atoms with Crippen molar-refractivity contribution in [2.24, 2.45) is 35.0 Å². The number of ketones is 1. The fourth-order valence-corrected chi connectivity index (χ4v) is 7.69. The molecular formula is C27H42O8. The van der Waals surface area contributed by atoms with Crippen LogP contribution in [0.25, 0.3) is 0 Å². The number of aliphatic hydroxyl groups is 2. The predicted molar refractivity (Wildman–Crippen MR) is 129 cm³/mol. The van der Waals surface area contributed by atoms with Gasteiger partial charge in [-0.3, -0.25) is 9.59 Å². The van der Waals surface area contributed by atoms with Crippen molar-refractivity contribution in [3.8, 4) is 0 Å². The van der Waals surface area contributed by atoms with Crippen LogP contribution in [0.15, 0.2) is 11.6 Å². The van der Waals surface area contributed by atoms with E-state index in [4.69, 9.17) is 9.84 Å². The molecule has 2 saturated carbocycles. The van der Waals surface area contributed by atoms with Crippen LogP contribution in [0.3, 0.4) is 0 Å². The van der Waals surface area contributed by atoms with E-state index in [1.165, 1.54) is 6.92 Å². The van der Waals surface area contributed by atoms with Gasteiger partial charge in [-0.25, -0.2) is 4.79 Å². The summed E-state index contributed by atoms with van der Waals surface area (Å²) in [6, 6.07) is 0. The molecule has 0 bridgehead atoms. The number of carbonyl (C=O) groups is 4. The van der Waals surface area contributed by atoms with Gasteiger partial charge in [0.1, 0.15) is 12.1 Å². The molecule has 198 valence electrons. The number of ether oxygens (including phenoxy) is 1. The average Bonchev–Trinajstić information content (AvgIpc) is 2.67. The van der Waals surface area contributed by atoms with Crippen LogP contribution in [-0.4, -0.2) is 57.1 Å². The van der Waals surface area contributed by atoms with Crippen molar-refractivity contribution in [2.75, 3.05) is 6.61 Å². The molecule has 0 aliphatic heterocycles. The number of Topliss-reactive ketones (excluding diaryl/α,β-unsaturated/α-hetero) is 1. The normalized spacial score (nSPS) is 38.2. The zero-order valence-electron chi connectivity index (χ0n) is 21.9. The molecular weight excluding hydrogens is 452 g/mol. The van der Waals surface area contributed by atoms with E-state index in [0.717, 1.165) is 6.08 Å². The van der Waals surface area contributed by atoms with E-state index in [0.29, 0.717) is 37.5 Å². The summed E-state index contributed by atoms with van der Waals surface area (Å²) in [5.74, 6) is -3.10. The highest BCUT2D eigenvalue weighted by Crippen LogP contribution is 2.62. The molecule has 3 N–H and O–H groups in total. The summed E-state index contributed by atoms with van der Waals surface area (Å²) in [5, 5.41) is 31.4. The van der Waals surface area contributed by atoms with Gasteiger partial charge in [0.25, 0.3) is 0 Å². The third kappa shape index (κ3) is 6.39. The van der Waals surface area contributed by atoms with Crippen molar-refractivity contribution in [1.82, 2.24) is 0 Å². The number of carboxylic acid groups (broad SMARTS) is 1. The summed E-state index contributed by atoms with van der Waals surface area (Å²) < 4.78 is 5.52. The molecule has 0 aromatic rings. The maximum atomic E-state index is 13.6. The highest BCUT2D eigenvalue weighted by Gasteiger charge is 2.64. The molecule has 0 heterocycles. The highest BCUT2D eigenvalue weighted by atomic mass is 16.5. The molecule has 0 aromatic carbocycles. The van der Waals surface area contributed by atoms with Crippen molar-refractivity contribution < 1.29 is 39.2 Å². The fraction of sp³-hybridized carbons (Fsp3) is 0.778. The third-order valence-electron chi connectivity index (χ3n) is 8.39. The maximum Gasteiger partial charge on any atom is 0.328 e. The van der Waals surface area contributed by atoms with Gasteiger partial charge in [-0.2, -0.15) is 0 Å². The summed E-state index contributed by atoms with van der Waals surface area (Å²) in [6.07, 6.45) is 3.06. The van der Waals surface area contributed by atoms with Crippen LogP contribution in [0.4, 0.5) is 0 Å². The molecule has 2 fully saturated rings. The Morgan fingerprint density at radius 3 is 2.29 bits per heavy atom. The number of aldehydes is 1. The molecule has 8 heteroatoms. The van der Waals surface area contributed by atoms with Crippen molar-refractivity contribution in [2.45, 2.75) is 91.3 Å². The largest absolute Gasteiger partial charge is 0.478 e. The standard InChI is InChI=1S/C27H42O8/c1-7-18(15-35-22(32)11-16(2)10-21(30)31)24-26(5,34)14-19-13-25(4,33)12-17(3)23(19)27(24,6)20(29)8-9-28/h9-10,17-19,23-24,33-34H,7-8,11-15H2,1-6H3,(H,30,31)/t17-,18+,19-,23+,24+,25-,26-,27-/m1/s1. The Labute approximate surface area is 208 Å². The van der Waals surface area contributed by atoms with E-state index in [1.54, 1.807) is 13.8 Å². The van der Waals surface area contributed by atoms with Crippen LogP contribution in [0.5, 0.6) is 0 Å². The minimum atomic E-state index is -1.28. The fourth-order valence-electron chi connectivity index (χ4n) is 7.69. The maximum absolute atomic E-state index is 13.6. The van der Waals surface area contributed by atoms with Gasteiger partial charge < -0.3 is 24.9 Å². The average molecular weight is 495 g/mol. The Balaban J connectivity index is 2.42. The van der Waals surface area contributed by atoms with Crippen molar-refractivity contribution >= 4 is 24.0 Å². The molecule has 0 spiro atoms. The quantitative estimate of drug-likeness (QED) is 0.182. The Morgan fingerprint density at radius 1 is 1.11 bits per heavy atom. The monoisotopic (exact) mass is 494 g/mol. The number of hydrogen-bond acceptors (Lipinski definition) is 7. The second-order valence-electron chi connectivity index (χ2n) is 11.6. The van der Waals surface area contributed by atoms with E-state index < -0.39 is 34.5 Å². The van der Waals surface area contributed by atoms with Crippen LogP contribution in [0.1, 0.15) is 80.1 Å². The first-order valence-electron chi connectivity index (χ1n) is 12.6. The minimum absolute atomic E-state index is 0.00758. The number of carbonyl (C=O) groups excluding carboxylic acids is 3. The smallest absolute Gasteiger partial charge is 0.328 e. The van der Waals surface area contributed by atoms with Crippen LogP contribution in [0.2, 0.25) is 0 Å². The van der Waals surface area contributed by atoms with E-state index in [1.807, 2.05) is 20.8 Å². The Hall–Kier alpha value is -2.06. The van der Waals surface area contributed by atoms with Gasteiger partial charge in [-0.05, 0) is 70.1 Å². The lowest BCUT2D eigenvalue weighted by molar-refractivity contribution is -0.212. The van der Waals surface area contributed by atoms with Crippen LogP contribution in [0, 0.1) is 35.0 Å². The van der Waals surface area contributed by atoms with E-state index in [2.05, 4.69) is 0 Å². The molecule has 35 heavy (non-hydrogen) atoms. The van der Waals surface area contributed by atoms with Gasteiger partial charge in [-0.15, -0.1) is 0 Å². The molecule has 0 aromatic heterocycles. The zero-order valence-corrected chi connectivity index (χ0v) is 21.9. The number of aliphatic carboxylic acids is 1. The van der Waals surface area contributed by atoms with Gasteiger partial charge in [-0.1, -0.05) is 26.3 Å². The van der Waals surface area contributed by atoms with Crippen molar-refractivity contribution in [3.05, 3.63) is 11.6 Å². The first kappa shape index (κ1) is 29.2. The summed E-state index contributed by atoms with van der Waals surface area (Å²) in [4.78, 5) is 48.2. The summed E-state index contributed by atoms with van der Waals surface area (Å²) in [6.45, 7) is 10.8. The van der Waals surface area contributed by atoms with Crippen LogP contribution >= 0.6 is 0 Å². The number of fused-ring (bicyclic) bond motifs is 1. The molecule has 8 nitrogen and oxygen atoms in total. The second kappa shape index (κ2) is 10.9. The Kier molecular flexibility index (Phi) is 9.09. The Bertz CT molecular complexity index is 857. The molecule has 2 rings (SSSR count). The highest BCUT2D eigenvalue weighted by molar-refractivity contribution is 5.94. The lowest BCUT2D eigenvalue weighted by Gasteiger charge is -2.62. The predicted octanol–water partition coefficient (Wildman–Crippen LogP) is 3.33. The topological polar surface area (TPSA) is 138 Å². The van der Waals surface area contributed by atoms with Gasteiger partial charge in [0, 0.05) is 17.4 Å². The molecule has 2 aliphatic carbocycles. The van der Waals surface area contributed by atoms with E-state index in [9.17, 15) is 29.4 Å². The van der Waals surface area contributed by atoms with Crippen molar-refractivity contribution in [3.63, 3.8) is 0 Å². The first-order chi connectivity index (χ1) is 16.1. The molecule has 2 aliphatic rings.